The van der Waals surface area contributed by atoms with Crippen LogP contribution in [-0.2, 0) is 0 Å². The fourth-order valence-electron chi connectivity index (χ4n) is 3.09. The van der Waals surface area contributed by atoms with Gasteiger partial charge in [-0.25, -0.2) is 5.01 Å². The van der Waals surface area contributed by atoms with E-state index < -0.39 is 0 Å². The molecular weight excluding hydrogens is 414 g/mol. The first-order valence-corrected chi connectivity index (χ1v) is 9.93. The van der Waals surface area contributed by atoms with E-state index in [0.29, 0.717) is 11.6 Å². The molecule has 2 heterocycles. The van der Waals surface area contributed by atoms with Crippen molar-refractivity contribution < 1.29 is 9.53 Å². The zero-order chi connectivity index (χ0) is 18.1. The molecule has 0 aromatic heterocycles. The molecule has 0 bridgehead atoms. The van der Waals surface area contributed by atoms with E-state index in [-0.39, 0.29) is 11.3 Å². The topological polar surface area (TPSA) is 54.3 Å². The van der Waals surface area contributed by atoms with Gasteiger partial charge in [0, 0.05) is 10.9 Å². The summed E-state index contributed by atoms with van der Waals surface area (Å²) >= 11 is 4.73. The van der Waals surface area contributed by atoms with Gasteiger partial charge < -0.3 is 4.74 Å². The highest BCUT2D eigenvalue weighted by molar-refractivity contribution is 9.10. The van der Waals surface area contributed by atoms with Gasteiger partial charge in [-0.1, -0.05) is 52.0 Å². The maximum absolute atomic E-state index is 11.6. The average Bonchev–Trinajstić information content (AvgIpc) is 3.28. The van der Waals surface area contributed by atoms with Crippen LogP contribution in [0.15, 0.2) is 63.1 Å². The second-order valence-electron chi connectivity index (χ2n) is 5.98. The van der Waals surface area contributed by atoms with Crippen molar-refractivity contribution in [2.75, 3.05) is 12.9 Å². The lowest BCUT2D eigenvalue weighted by Crippen LogP contribution is -2.27. The quantitative estimate of drug-likeness (QED) is 0.697. The molecule has 4 rings (SSSR count). The maximum atomic E-state index is 11.6. The van der Waals surface area contributed by atoms with E-state index in [4.69, 9.17) is 9.84 Å². The third-order valence-electron chi connectivity index (χ3n) is 4.38. The van der Waals surface area contributed by atoms with E-state index in [2.05, 4.69) is 33.1 Å². The molecule has 2 aromatic carbocycles. The molecule has 132 valence electrons. The van der Waals surface area contributed by atoms with Crippen LogP contribution in [0, 0.1) is 0 Å². The molecule has 2 aliphatic rings. The fraction of sp³-hybridized carbons (Fsp3) is 0.211. The summed E-state index contributed by atoms with van der Waals surface area (Å²) in [4.78, 5) is 15.8. The first kappa shape index (κ1) is 17.3. The maximum Gasteiger partial charge on any atom is 0.307 e. The van der Waals surface area contributed by atoms with Crippen LogP contribution in [0.4, 0.5) is 4.79 Å². The molecule has 0 radical (unpaired) electrons. The van der Waals surface area contributed by atoms with Crippen molar-refractivity contribution >= 4 is 44.5 Å². The predicted octanol–water partition coefficient (Wildman–Crippen LogP) is 4.87. The smallest absolute Gasteiger partial charge is 0.307 e. The van der Waals surface area contributed by atoms with Crippen molar-refractivity contribution in [2.24, 2.45) is 10.1 Å². The number of aliphatic imine (C=N–C) groups is 1. The van der Waals surface area contributed by atoms with Gasteiger partial charge in [-0.05, 0) is 35.4 Å². The first-order chi connectivity index (χ1) is 12.6. The SMILES string of the molecule is COc1ccc(C2CC(c3cccc(Br)c3)=NN2C2=NC(=O)SC2)cc1. The van der Waals surface area contributed by atoms with Crippen LogP contribution in [0.1, 0.15) is 23.6 Å². The minimum atomic E-state index is -0.153. The summed E-state index contributed by atoms with van der Waals surface area (Å²) in [5, 5.41) is 6.56. The summed E-state index contributed by atoms with van der Waals surface area (Å²) in [6, 6.07) is 16.1. The molecule has 2 aromatic rings. The van der Waals surface area contributed by atoms with Gasteiger partial charge in [-0.3, -0.25) is 4.79 Å². The van der Waals surface area contributed by atoms with E-state index in [9.17, 15) is 4.79 Å². The zero-order valence-electron chi connectivity index (χ0n) is 14.1. The zero-order valence-corrected chi connectivity index (χ0v) is 16.5. The normalized spacial score (nSPS) is 19.5. The number of hydrogen-bond donors (Lipinski definition) is 0. The van der Waals surface area contributed by atoms with E-state index in [1.165, 1.54) is 11.8 Å². The number of thioether (sulfide) groups is 1. The number of benzene rings is 2. The summed E-state index contributed by atoms with van der Waals surface area (Å²) in [5.74, 6) is 2.09. The fourth-order valence-corrected chi connectivity index (χ4v) is 4.11. The summed E-state index contributed by atoms with van der Waals surface area (Å²) in [6.07, 6.45) is 0.751. The summed E-state index contributed by atoms with van der Waals surface area (Å²) in [7, 11) is 1.65. The van der Waals surface area contributed by atoms with Gasteiger partial charge in [0.2, 0.25) is 0 Å². The number of hydrogen-bond acceptors (Lipinski definition) is 5. The Morgan fingerprint density at radius 2 is 2.04 bits per heavy atom. The standard InChI is InChI=1S/C19H16BrN3O2S/c1-25-15-7-5-12(6-8-15)17-10-16(13-3-2-4-14(20)9-13)22-23(17)18-11-26-19(24)21-18/h2-9,17H,10-11H2,1H3. The van der Waals surface area contributed by atoms with E-state index in [1.54, 1.807) is 7.11 Å². The number of amides is 1. The molecule has 0 saturated heterocycles. The van der Waals surface area contributed by atoms with Crippen molar-refractivity contribution in [1.29, 1.82) is 0 Å². The van der Waals surface area contributed by atoms with E-state index in [0.717, 1.165) is 33.5 Å². The van der Waals surface area contributed by atoms with Crippen molar-refractivity contribution in [3.05, 3.63) is 64.1 Å². The van der Waals surface area contributed by atoms with Crippen LogP contribution in [0.5, 0.6) is 5.75 Å². The molecule has 1 atom stereocenters. The monoisotopic (exact) mass is 429 g/mol. The van der Waals surface area contributed by atoms with Gasteiger partial charge in [0.1, 0.15) is 11.6 Å². The number of hydrazone groups is 1. The van der Waals surface area contributed by atoms with Gasteiger partial charge >= 0.3 is 5.24 Å². The first-order valence-electron chi connectivity index (χ1n) is 8.15. The van der Waals surface area contributed by atoms with Crippen LogP contribution in [0.2, 0.25) is 0 Å². The van der Waals surface area contributed by atoms with Crippen LogP contribution < -0.4 is 4.74 Å². The van der Waals surface area contributed by atoms with E-state index >= 15 is 0 Å². The molecule has 0 saturated carbocycles. The molecule has 0 fully saturated rings. The van der Waals surface area contributed by atoms with Crippen molar-refractivity contribution in [2.45, 2.75) is 12.5 Å². The number of amidine groups is 1. The second-order valence-corrected chi connectivity index (χ2v) is 7.82. The lowest BCUT2D eigenvalue weighted by Gasteiger charge is -2.23. The van der Waals surface area contributed by atoms with Crippen LogP contribution in [0.3, 0.4) is 0 Å². The van der Waals surface area contributed by atoms with Gasteiger partial charge in [0.05, 0.1) is 24.6 Å². The van der Waals surface area contributed by atoms with Gasteiger partial charge in [-0.15, -0.1) is 0 Å². The molecule has 1 amide bonds. The van der Waals surface area contributed by atoms with Gasteiger partial charge in [0.15, 0.2) is 0 Å². The Labute approximate surface area is 164 Å². The Morgan fingerprint density at radius 1 is 1.23 bits per heavy atom. The minimum absolute atomic E-state index is 0.0140. The molecule has 1 unspecified atom stereocenters. The molecule has 26 heavy (non-hydrogen) atoms. The minimum Gasteiger partial charge on any atom is -0.497 e. The highest BCUT2D eigenvalue weighted by atomic mass is 79.9. The number of methoxy groups -OCH3 is 1. The molecule has 0 N–H and O–H groups in total. The third kappa shape index (κ3) is 3.41. The van der Waals surface area contributed by atoms with Crippen LogP contribution in [-0.4, -0.2) is 34.7 Å². The summed E-state index contributed by atoms with van der Waals surface area (Å²) < 4.78 is 6.27. The molecule has 0 aliphatic carbocycles. The predicted molar refractivity (Wildman–Crippen MR) is 108 cm³/mol. The summed E-state index contributed by atoms with van der Waals surface area (Å²) in [6.45, 7) is 0. The molecule has 5 nitrogen and oxygen atoms in total. The van der Waals surface area contributed by atoms with Crippen LogP contribution in [0.25, 0.3) is 0 Å². The summed E-state index contributed by atoms with van der Waals surface area (Å²) in [5.41, 5.74) is 3.17. The number of nitrogens with zero attached hydrogens (tertiary/aromatic N) is 3. The second kappa shape index (κ2) is 7.25. The largest absolute Gasteiger partial charge is 0.497 e. The Bertz CT molecular complexity index is 911. The highest BCUT2D eigenvalue weighted by Gasteiger charge is 2.34. The Hall–Kier alpha value is -2.12. The highest BCUT2D eigenvalue weighted by Crippen LogP contribution is 2.36. The number of carbonyl (C=O) groups excluding carboxylic acids is 1. The third-order valence-corrected chi connectivity index (χ3v) is 5.61. The lowest BCUT2D eigenvalue weighted by atomic mass is 9.98. The molecule has 0 spiro atoms. The number of rotatable bonds is 3. The Morgan fingerprint density at radius 3 is 2.69 bits per heavy atom. The number of carbonyl (C=O) groups is 1. The molecule has 2 aliphatic heterocycles. The molecular formula is C19H16BrN3O2S. The Kier molecular flexibility index (Phi) is 4.82. The van der Waals surface area contributed by atoms with Crippen molar-refractivity contribution in [3.63, 3.8) is 0 Å². The van der Waals surface area contributed by atoms with Gasteiger partial charge in [-0.2, -0.15) is 10.1 Å². The average molecular weight is 430 g/mol. The number of halogens is 1. The van der Waals surface area contributed by atoms with Gasteiger partial charge in [0.25, 0.3) is 0 Å². The van der Waals surface area contributed by atoms with E-state index in [1.807, 2.05) is 41.4 Å². The van der Waals surface area contributed by atoms with Crippen LogP contribution >= 0.6 is 27.7 Å². The lowest BCUT2D eigenvalue weighted by molar-refractivity contribution is 0.267. The molecule has 7 heteroatoms. The number of ether oxygens (including phenoxy) is 1. The van der Waals surface area contributed by atoms with Crippen molar-refractivity contribution in [3.8, 4) is 5.75 Å². The van der Waals surface area contributed by atoms with Crippen molar-refractivity contribution in [1.82, 2.24) is 5.01 Å². The Balaban J connectivity index is 1.70.